The van der Waals surface area contributed by atoms with Gasteiger partial charge < -0.3 is 4.74 Å². The lowest BCUT2D eigenvalue weighted by Crippen LogP contribution is -2.35. The Hall–Kier alpha value is -1.42. The van der Waals surface area contributed by atoms with Crippen LogP contribution >= 0.6 is 0 Å². The Morgan fingerprint density at radius 1 is 1.53 bits per heavy atom. The van der Waals surface area contributed by atoms with E-state index in [2.05, 4.69) is 5.32 Å². The molecule has 17 heavy (non-hydrogen) atoms. The van der Waals surface area contributed by atoms with E-state index >= 15 is 0 Å². The molecule has 0 aromatic heterocycles. The number of rotatable bonds is 5. The first kappa shape index (κ1) is 13.6. The third-order valence-corrected chi connectivity index (χ3v) is 2.68. The Morgan fingerprint density at radius 3 is 2.76 bits per heavy atom. The van der Waals surface area contributed by atoms with Gasteiger partial charge in [0.15, 0.2) is 0 Å². The molecule has 0 saturated carbocycles. The molecule has 0 radical (unpaired) electrons. The zero-order valence-electron chi connectivity index (χ0n) is 10.4. The number of halogens is 1. The van der Waals surface area contributed by atoms with Crippen LogP contribution in [0.25, 0.3) is 0 Å². The lowest BCUT2D eigenvalue weighted by atomic mass is 10.1. The minimum absolute atomic E-state index is 0.155. The number of ether oxygens (including phenoxy) is 1. The van der Waals surface area contributed by atoms with Crippen LogP contribution in [0.1, 0.15) is 31.9 Å². The molecule has 3 nitrogen and oxygen atoms in total. The zero-order chi connectivity index (χ0) is 12.8. The van der Waals surface area contributed by atoms with E-state index in [1.165, 1.54) is 19.2 Å². The van der Waals surface area contributed by atoms with Crippen LogP contribution in [0.3, 0.4) is 0 Å². The van der Waals surface area contributed by atoms with E-state index < -0.39 is 12.0 Å². The average Bonchev–Trinajstić information content (AvgIpc) is 2.34. The number of esters is 1. The van der Waals surface area contributed by atoms with Gasteiger partial charge in [-0.25, -0.2) is 9.18 Å². The van der Waals surface area contributed by atoms with Crippen molar-refractivity contribution in [3.63, 3.8) is 0 Å². The van der Waals surface area contributed by atoms with E-state index in [0.29, 0.717) is 5.56 Å². The van der Waals surface area contributed by atoms with Gasteiger partial charge in [0.1, 0.15) is 11.9 Å². The maximum Gasteiger partial charge on any atom is 0.327 e. The smallest absolute Gasteiger partial charge is 0.327 e. The fourth-order valence-electron chi connectivity index (χ4n) is 1.51. The second kappa shape index (κ2) is 6.35. The summed E-state index contributed by atoms with van der Waals surface area (Å²) in [6.07, 6.45) is 0.878. The van der Waals surface area contributed by atoms with Gasteiger partial charge in [0, 0.05) is 6.04 Å². The third kappa shape index (κ3) is 3.82. The topological polar surface area (TPSA) is 38.3 Å². The largest absolute Gasteiger partial charge is 0.468 e. The molecule has 2 unspecified atom stereocenters. The summed E-state index contributed by atoms with van der Waals surface area (Å²) < 4.78 is 17.9. The Morgan fingerprint density at radius 2 is 2.24 bits per heavy atom. The molecule has 1 N–H and O–H groups in total. The lowest BCUT2D eigenvalue weighted by Gasteiger charge is -2.20. The van der Waals surface area contributed by atoms with E-state index in [1.54, 1.807) is 12.1 Å². The molecular formula is C13H18FNO2. The minimum Gasteiger partial charge on any atom is -0.468 e. The first-order chi connectivity index (χ1) is 8.08. The molecule has 0 bridgehead atoms. The Kier molecular flexibility index (Phi) is 5.10. The van der Waals surface area contributed by atoms with Gasteiger partial charge in [-0.05, 0) is 31.0 Å². The Bertz CT molecular complexity index is 381. The minimum atomic E-state index is -0.620. The summed E-state index contributed by atoms with van der Waals surface area (Å²) in [5.74, 6) is -0.766. The van der Waals surface area contributed by atoms with E-state index in [9.17, 15) is 9.18 Å². The van der Waals surface area contributed by atoms with Crippen molar-refractivity contribution in [3.05, 3.63) is 35.6 Å². The number of methoxy groups -OCH3 is 1. The molecule has 0 amide bonds. The van der Waals surface area contributed by atoms with Crippen LogP contribution in [0, 0.1) is 5.82 Å². The van der Waals surface area contributed by atoms with Crippen molar-refractivity contribution in [3.8, 4) is 0 Å². The second-order valence-electron chi connectivity index (χ2n) is 3.99. The number of carbonyl (C=O) groups is 1. The SMILES string of the molecule is CCC(C)NC(C(=O)OC)c1cccc(F)c1. The first-order valence-electron chi connectivity index (χ1n) is 5.67. The molecule has 2 atom stereocenters. The van der Waals surface area contributed by atoms with Gasteiger partial charge in [-0.15, -0.1) is 0 Å². The summed E-state index contributed by atoms with van der Waals surface area (Å²) in [6.45, 7) is 3.98. The molecule has 0 aliphatic carbocycles. The van der Waals surface area contributed by atoms with Crippen molar-refractivity contribution in [1.29, 1.82) is 0 Å². The summed E-state index contributed by atoms with van der Waals surface area (Å²) >= 11 is 0. The van der Waals surface area contributed by atoms with Crippen molar-refractivity contribution in [2.45, 2.75) is 32.4 Å². The maximum absolute atomic E-state index is 13.1. The van der Waals surface area contributed by atoms with Gasteiger partial charge >= 0.3 is 5.97 Å². The summed E-state index contributed by atoms with van der Waals surface area (Å²) in [7, 11) is 1.33. The predicted octanol–water partition coefficient (Wildman–Crippen LogP) is 2.43. The standard InChI is InChI=1S/C13H18FNO2/c1-4-9(2)15-12(13(16)17-3)10-6-5-7-11(14)8-10/h5-9,12,15H,4H2,1-3H3. The highest BCUT2D eigenvalue weighted by Crippen LogP contribution is 2.17. The fourth-order valence-corrected chi connectivity index (χ4v) is 1.51. The van der Waals surface area contributed by atoms with Crippen molar-refractivity contribution in [1.82, 2.24) is 5.32 Å². The molecule has 4 heteroatoms. The van der Waals surface area contributed by atoms with Crippen molar-refractivity contribution >= 4 is 5.97 Å². The van der Waals surface area contributed by atoms with Crippen molar-refractivity contribution in [2.75, 3.05) is 7.11 Å². The van der Waals surface area contributed by atoms with Crippen molar-refractivity contribution in [2.24, 2.45) is 0 Å². The molecule has 0 fully saturated rings. The molecule has 0 aliphatic rings. The summed E-state index contributed by atoms with van der Waals surface area (Å²) in [5, 5.41) is 3.12. The number of nitrogens with one attached hydrogen (secondary N) is 1. The molecule has 0 saturated heterocycles. The van der Waals surface area contributed by atoms with Crippen LogP contribution in [0.4, 0.5) is 4.39 Å². The van der Waals surface area contributed by atoms with Crippen LogP contribution in [0.2, 0.25) is 0 Å². The van der Waals surface area contributed by atoms with Crippen LogP contribution in [-0.2, 0) is 9.53 Å². The van der Waals surface area contributed by atoms with Crippen LogP contribution in [-0.4, -0.2) is 19.1 Å². The maximum atomic E-state index is 13.1. The van der Waals surface area contributed by atoms with Gasteiger partial charge in [0.05, 0.1) is 7.11 Å². The molecule has 94 valence electrons. The van der Waals surface area contributed by atoms with Crippen LogP contribution in [0.5, 0.6) is 0 Å². The van der Waals surface area contributed by atoms with Gasteiger partial charge in [-0.3, -0.25) is 5.32 Å². The van der Waals surface area contributed by atoms with E-state index in [1.807, 2.05) is 13.8 Å². The lowest BCUT2D eigenvalue weighted by molar-refractivity contribution is -0.143. The quantitative estimate of drug-likeness (QED) is 0.802. The predicted molar refractivity (Wildman–Crippen MR) is 64.0 cm³/mol. The molecule has 1 aromatic rings. The molecular weight excluding hydrogens is 221 g/mol. The Balaban J connectivity index is 2.93. The van der Waals surface area contributed by atoms with Crippen LogP contribution < -0.4 is 5.32 Å². The zero-order valence-corrected chi connectivity index (χ0v) is 10.4. The number of benzene rings is 1. The fraction of sp³-hybridized carbons (Fsp3) is 0.462. The molecule has 0 aliphatic heterocycles. The van der Waals surface area contributed by atoms with Gasteiger partial charge in [-0.2, -0.15) is 0 Å². The van der Waals surface area contributed by atoms with Crippen molar-refractivity contribution < 1.29 is 13.9 Å². The molecule has 0 spiro atoms. The number of hydrogen-bond donors (Lipinski definition) is 1. The number of carbonyl (C=O) groups excluding carboxylic acids is 1. The molecule has 0 heterocycles. The first-order valence-corrected chi connectivity index (χ1v) is 5.67. The summed E-state index contributed by atoms with van der Waals surface area (Å²) in [4.78, 5) is 11.7. The molecule has 1 rings (SSSR count). The van der Waals surface area contributed by atoms with E-state index in [0.717, 1.165) is 6.42 Å². The summed E-state index contributed by atoms with van der Waals surface area (Å²) in [5.41, 5.74) is 0.581. The highest BCUT2D eigenvalue weighted by Gasteiger charge is 2.22. The van der Waals surface area contributed by atoms with E-state index in [-0.39, 0.29) is 11.9 Å². The highest BCUT2D eigenvalue weighted by molar-refractivity contribution is 5.77. The summed E-state index contributed by atoms with van der Waals surface area (Å²) in [6, 6.07) is 5.52. The van der Waals surface area contributed by atoms with Gasteiger partial charge in [0.2, 0.25) is 0 Å². The second-order valence-corrected chi connectivity index (χ2v) is 3.99. The van der Waals surface area contributed by atoms with E-state index in [4.69, 9.17) is 4.74 Å². The highest BCUT2D eigenvalue weighted by atomic mass is 19.1. The van der Waals surface area contributed by atoms with Gasteiger partial charge in [0.25, 0.3) is 0 Å². The number of hydrogen-bond acceptors (Lipinski definition) is 3. The third-order valence-electron chi connectivity index (χ3n) is 2.68. The monoisotopic (exact) mass is 239 g/mol. The van der Waals surface area contributed by atoms with Gasteiger partial charge in [-0.1, -0.05) is 19.1 Å². The average molecular weight is 239 g/mol. The molecule has 1 aromatic carbocycles. The van der Waals surface area contributed by atoms with Crippen LogP contribution in [0.15, 0.2) is 24.3 Å². The Labute approximate surface area is 101 Å². The normalized spacial score (nSPS) is 14.1.